The Balaban J connectivity index is 4.06. The number of carbonyl (C=O) groups is 2. The number of nitrogens with one attached hydrogen (secondary N) is 1. The third-order valence-corrected chi connectivity index (χ3v) is 1.69. The van der Waals surface area contributed by atoms with Gasteiger partial charge in [0, 0.05) is 6.92 Å². The fourth-order valence-corrected chi connectivity index (χ4v) is 0.736. The second-order valence-electron chi connectivity index (χ2n) is 4.53. The van der Waals surface area contributed by atoms with Crippen molar-refractivity contribution in [2.75, 3.05) is 0 Å². The lowest BCUT2D eigenvalue weighted by molar-refractivity contribution is -0.174. The topological polar surface area (TPSA) is 64.6 Å². The van der Waals surface area contributed by atoms with Gasteiger partial charge in [0.1, 0.15) is 0 Å². The number of hydrogen-bond donors (Lipinski definition) is 1. The Morgan fingerprint density at radius 2 is 1.88 bits per heavy atom. The molecule has 2 unspecified atom stereocenters. The van der Waals surface area contributed by atoms with Gasteiger partial charge in [-0.05, 0) is 34.1 Å². The van der Waals surface area contributed by atoms with Crippen molar-refractivity contribution >= 4 is 12.1 Å². The van der Waals surface area contributed by atoms with Crippen LogP contribution in [0.25, 0.3) is 0 Å². The lowest BCUT2D eigenvalue weighted by atomic mass is 9.97. The Kier molecular flexibility index (Phi) is 5.91. The zero-order chi connectivity index (χ0) is 13.6. The fraction of sp³-hybridized carbons (Fsp3) is 0.727. The predicted octanol–water partition coefficient (Wildman–Crippen LogP) is 2.17. The molecule has 0 bridgehead atoms. The highest BCUT2D eigenvalue weighted by Crippen LogP contribution is 2.16. The van der Waals surface area contributed by atoms with Gasteiger partial charge >= 0.3 is 12.1 Å². The molecule has 0 aromatic heterocycles. The molecule has 99 valence electrons. The first-order chi connectivity index (χ1) is 7.66. The highest BCUT2D eigenvalue weighted by atomic mass is 19.1. The van der Waals surface area contributed by atoms with E-state index in [0.29, 0.717) is 0 Å². The summed E-state index contributed by atoms with van der Waals surface area (Å²) < 4.78 is 22.2. The van der Waals surface area contributed by atoms with Gasteiger partial charge < -0.3 is 9.47 Å². The smallest absolute Gasteiger partial charge is 0.412 e. The first-order valence-corrected chi connectivity index (χ1v) is 5.28. The molecule has 0 aromatic carbocycles. The second kappa shape index (κ2) is 6.42. The number of alkyl halides is 1. The molecule has 1 amide bonds. The molecule has 0 fully saturated rings. The Morgan fingerprint density at radius 1 is 1.35 bits per heavy atom. The van der Waals surface area contributed by atoms with Gasteiger partial charge in [-0.1, -0.05) is 0 Å². The molecule has 6 heteroatoms. The highest BCUT2D eigenvalue weighted by molar-refractivity contribution is 5.75. The third kappa shape index (κ3) is 6.76. The molecule has 1 radical (unpaired) electrons. The molecule has 0 spiro atoms. The number of esters is 1. The third-order valence-electron chi connectivity index (χ3n) is 1.69. The average Bonchev–Trinajstić information content (AvgIpc) is 2.15. The minimum atomic E-state index is -1.58. The van der Waals surface area contributed by atoms with Crippen LogP contribution >= 0.6 is 0 Å². The molecule has 1 N–H and O–H groups in total. The first-order valence-electron chi connectivity index (χ1n) is 5.28. The van der Waals surface area contributed by atoms with Crippen molar-refractivity contribution in [3.05, 3.63) is 6.92 Å². The van der Waals surface area contributed by atoms with Crippen molar-refractivity contribution in [1.82, 2.24) is 5.32 Å². The van der Waals surface area contributed by atoms with Crippen LogP contribution in [0.5, 0.6) is 0 Å². The maximum absolute atomic E-state index is 12.7. The predicted molar refractivity (Wildman–Crippen MR) is 59.5 cm³/mol. The van der Waals surface area contributed by atoms with Gasteiger partial charge in [-0.15, -0.1) is 0 Å². The van der Waals surface area contributed by atoms with Crippen molar-refractivity contribution in [1.29, 1.82) is 0 Å². The van der Waals surface area contributed by atoms with Crippen LogP contribution in [0.3, 0.4) is 0 Å². The van der Waals surface area contributed by atoms with E-state index in [1.807, 2.05) is 5.32 Å². The molecule has 0 aliphatic heterocycles. The molecule has 0 aromatic rings. The van der Waals surface area contributed by atoms with Gasteiger partial charge in [-0.3, -0.25) is 10.1 Å². The second-order valence-corrected chi connectivity index (χ2v) is 4.53. The summed E-state index contributed by atoms with van der Waals surface area (Å²) in [5, 5.41) is 1.89. The van der Waals surface area contributed by atoms with Gasteiger partial charge in [0.15, 0.2) is 6.30 Å². The summed E-state index contributed by atoms with van der Waals surface area (Å²) in [7, 11) is 0. The zero-order valence-corrected chi connectivity index (χ0v) is 10.6. The minimum Gasteiger partial charge on any atom is -0.425 e. The monoisotopic (exact) mass is 248 g/mol. The molecule has 0 aliphatic carbocycles. The highest BCUT2D eigenvalue weighted by Gasteiger charge is 2.26. The van der Waals surface area contributed by atoms with Crippen LogP contribution in [0.2, 0.25) is 0 Å². The minimum absolute atomic E-state index is 0.106. The van der Waals surface area contributed by atoms with E-state index < -0.39 is 30.1 Å². The largest absolute Gasteiger partial charge is 0.425 e. The summed E-state index contributed by atoms with van der Waals surface area (Å²) in [4.78, 5) is 22.5. The van der Waals surface area contributed by atoms with Crippen molar-refractivity contribution in [3.8, 4) is 0 Å². The number of halogens is 1. The SMILES string of the molecule is [CH2]CC(F)NC(=O)OC(C)OC(=O)C(C)(C)C. The summed E-state index contributed by atoms with van der Waals surface area (Å²) in [5.74, 6) is -0.508. The van der Waals surface area contributed by atoms with Crippen LogP contribution in [-0.2, 0) is 14.3 Å². The summed E-state index contributed by atoms with van der Waals surface area (Å²) in [6.45, 7) is 9.65. The van der Waals surface area contributed by atoms with Crippen molar-refractivity contribution in [2.45, 2.75) is 46.7 Å². The van der Waals surface area contributed by atoms with Crippen molar-refractivity contribution < 1.29 is 23.5 Å². The van der Waals surface area contributed by atoms with E-state index >= 15 is 0 Å². The Morgan fingerprint density at radius 3 is 2.29 bits per heavy atom. The number of alkyl carbamates (subject to hydrolysis) is 1. The van der Waals surface area contributed by atoms with Crippen LogP contribution in [0.15, 0.2) is 0 Å². The normalized spacial score (nSPS) is 14.7. The standard InChI is InChI=1S/C11H19FNO4/c1-6-8(12)13-10(15)17-7(2)16-9(14)11(3,4)5/h7-8H,1,6H2,2-5H3,(H,13,15). The van der Waals surface area contributed by atoms with Crippen molar-refractivity contribution in [3.63, 3.8) is 0 Å². The molecule has 2 atom stereocenters. The number of hydrogen-bond acceptors (Lipinski definition) is 4. The molecular weight excluding hydrogens is 229 g/mol. The average molecular weight is 248 g/mol. The van der Waals surface area contributed by atoms with E-state index in [0.717, 1.165) is 0 Å². The van der Waals surface area contributed by atoms with Crippen LogP contribution < -0.4 is 5.32 Å². The molecular formula is C11H19FNO4. The van der Waals surface area contributed by atoms with Crippen LogP contribution in [0, 0.1) is 12.3 Å². The first kappa shape index (κ1) is 15.7. The molecule has 17 heavy (non-hydrogen) atoms. The summed E-state index contributed by atoms with van der Waals surface area (Å²) in [6.07, 6.45) is -3.74. The number of rotatable bonds is 4. The van der Waals surface area contributed by atoms with Crippen LogP contribution in [-0.4, -0.2) is 24.6 Å². The van der Waals surface area contributed by atoms with Crippen molar-refractivity contribution in [2.24, 2.45) is 5.41 Å². The summed E-state index contributed by atoms with van der Waals surface area (Å²) >= 11 is 0. The van der Waals surface area contributed by atoms with Gasteiger partial charge in [0.2, 0.25) is 6.29 Å². The van der Waals surface area contributed by atoms with E-state index in [1.165, 1.54) is 6.92 Å². The van der Waals surface area contributed by atoms with Gasteiger partial charge in [-0.25, -0.2) is 9.18 Å². The van der Waals surface area contributed by atoms with E-state index in [1.54, 1.807) is 20.8 Å². The summed E-state index contributed by atoms with van der Waals surface area (Å²) in [6, 6.07) is 0. The lowest BCUT2D eigenvalue weighted by Gasteiger charge is -2.21. The maximum atomic E-state index is 12.7. The van der Waals surface area contributed by atoms with Gasteiger partial charge in [0.25, 0.3) is 0 Å². The van der Waals surface area contributed by atoms with E-state index in [-0.39, 0.29) is 6.42 Å². The number of ether oxygens (including phenoxy) is 2. The Hall–Kier alpha value is -1.33. The molecule has 0 aliphatic rings. The Labute approximate surface area is 101 Å². The van der Waals surface area contributed by atoms with Crippen LogP contribution in [0.4, 0.5) is 9.18 Å². The van der Waals surface area contributed by atoms with Gasteiger partial charge in [0.05, 0.1) is 5.41 Å². The molecule has 0 saturated carbocycles. The fourth-order valence-electron chi connectivity index (χ4n) is 0.736. The van der Waals surface area contributed by atoms with E-state index in [2.05, 4.69) is 11.7 Å². The number of amides is 1. The van der Waals surface area contributed by atoms with Gasteiger partial charge in [-0.2, -0.15) is 0 Å². The molecule has 0 heterocycles. The maximum Gasteiger partial charge on any atom is 0.412 e. The summed E-state index contributed by atoms with van der Waals surface area (Å²) in [5.41, 5.74) is -0.690. The van der Waals surface area contributed by atoms with E-state index in [4.69, 9.17) is 4.74 Å². The lowest BCUT2D eigenvalue weighted by Crippen LogP contribution is -2.36. The molecule has 5 nitrogen and oxygen atoms in total. The Bertz CT molecular complexity index is 275. The quantitative estimate of drug-likeness (QED) is 0.470. The molecule has 0 saturated heterocycles. The van der Waals surface area contributed by atoms with E-state index in [9.17, 15) is 14.0 Å². The zero-order valence-electron chi connectivity index (χ0n) is 10.6. The molecule has 0 rings (SSSR count). The van der Waals surface area contributed by atoms with Crippen LogP contribution in [0.1, 0.15) is 34.1 Å². The number of carbonyl (C=O) groups excluding carboxylic acids is 2.